The summed E-state index contributed by atoms with van der Waals surface area (Å²) in [4.78, 5) is 9.16. The van der Waals surface area contributed by atoms with Gasteiger partial charge in [-0.15, -0.1) is 0 Å². The van der Waals surface area contributed by atoms with Gasteiger partial charge in [-0.3, -0.25) is 0 Å². The van der Waals surface area contributed by atoms with Gasteiger partial charge in [0.05, 0.1) is 12.2 Å². The summed E-state index contributed by atoms with van der Waals surface area (Å²) in [6, 6.07) is 6.10. The largest absolute Gasteiger partial charge is 0.357 e. The number of aromatic nitrogens is 3. The van der Waals surface area contributed by atoms with Gasteiger partial charge in [0.15, 0.2) is 11.8 Å². The number of aliphatic imine (C=N–C) groups is 1. The highest BCUT2D eigenvalue weighted by Gasteiger charge is 2.05. The second-order valence-electron chi connectivity index (χ2n) is 6.19. The Bertz CT molecular complexity index is 672. The fourth-order valence-electron chi connectivity index (χ4n) is 2.59. The predicted molar refractivity (Wildman–Crippen MR) is 103 cm³/mol. The minimum atomic E-state index is 0.605. The number of nitrogens with one attached hydrogen (secondary N) is 2. The second-order valence-corrected chi connectivity index (χ2v) is 6.19. The number of rotatable bonds is 8. The molecule has 0 aromatic carbocycles. The molecule has 0 aliphatic rings. The highest BCUT2D eigenvalue weighted by atomic mass is 15.3. The molecule has 6 heteroatoms. The summed E-state index contributed by atoms with van der Waals surface area (Å²) < 4.78 is 1.86. The minimum absolute atomic E-state index is 0.605. The van der Waals surface area contributed by atoms with Crippen LogP contribution in [0.5, 0.6) is 0 Å². The average Bonchev–Trinajstić information content (AvgIpc) is 2.95. The lowest BCUT2D eigenvalue weighted by molar-refractivity contribution is 0.683. The summed E-state index contributed by atoms with van der Waals surface area (Å²) >= 11 is 0. The Labute approximate surface area is 150 Å². The molecule has 2 N–H and O–H groups in total. The first-order valence-electron chi connectivity index (χ1n) is 9.14. The third-order valence-electron chi connectivity index (χ3n) is 3.87. The first kappa shape index (κ1) is 19.0. The van der Waals surface area contributed by atoms with Crippen molar-refractivity contribution in [3.63, 3.8) is 0 Å². The lowest BCUT2D eigenvalue weighted by Gasteiger charge is -2.11. The van der Waals surface area contributed by atoms with Crippen LogP contribution in [0.1, 0.15) is 50.1 Å². The molecule has 0 saturated carbocycles. The van der Waals surface area contributed by atoms with Gasteiger partial charge in [-0.05, 0) is 44.9 Å². The molecule has 25 heavy (non-hydrogen) atoms. The number of nitrogens with zero attached hydrogens (tertiary/aromatic N) is 4. The maximum Gasteiger partial charge on any atom is 0.191 e. The topological polar surface area (TPSA) is 67.1 Å². The lowest BCUT2D eigenvalue weighted by Crippen LogP contribution is -2.37. The predicted octanol–water partition coefficient (Wildman–Crippen LogP) is 3.13. The van der Waals surface area contributed by atoms with Crippen molar-refractivity contribution in [1.29, 1.82) is 0 Å². The normalized spacial score (nSPS) is 11.6. The van der Waals surface area contributed by atoms with Crippen LogP contribution in [0.25, 0.3) is 5.82 Å². The molecule has 0 bridgehead atoms. The van der Waals surface area contributed by atoms with Gasteiger partial charge in [0.25, 0.3) is 0 Å². The number of hydrogen-bond acceptors (Lipinski definition) is 3. The van der Waals surface area contributed by atoms with Crippen molar-refractivity contribution in [1.82, 2.24) is 25.4 Å². The van der Waals surface area contributed by atoms with E-state index in [-0.39, 0.29) is 0 Å². The van der Waals surface area contributed by atoms with Crippen LogP contribution in [0, 0.1) is 13.8 Å². The molecule has 2 heterocycles. The van der Waals surface area contributed by atoms with Gasteiger partial charge in [0.1, 0.15) is 0 Å². The van der Waals surface area contributed by atoms with Crippen LogP contribution in [0.3, 0.4) is 0 Å². The SMILES string of the molecule is CCCCCNC(=NCc1ccc(-n2nc(C)cc2C)nc1)NCC. The Morgan fingerprint density at radius 1 is 1.16 bits per heavy atom. The van der Waals surface area contributed by atoms with Gasteiger partial charge >= 0.3 is 0 Å². The zero-order valence-corrected chi connectivity index (χ0v) is 15.8. The van der Waals surface area contributed by atoms with Crippen molar-refractivity contribution in [2.45, 2.75) is 53.5 Å². The van der Waals surface area contributed by atoms with E-state index in [0.717, 1.165) is 41.8 Å². The molecular weight excluding hydrogens is 312 g/mol. The Morgan fingerprint density at radius 3 is 2.60 bits per heavy atom. The molecule has 0 unspecified atom stereocenters. The molecule has 136 valence electrons. The van der Waals surface area contributed by atoms with Gasteiger partial charge in [0, 0.05) is 25.0 Å². The Morgan fingerprint density at radius 2 is 2.00 bits per heavy atom. The third-order valence-corrected chi connectivity index (χ3v) is 3.87. The smallest absolute Gasteiger partial charge is 0.191 e. The van der Waals surface area contributed by atoms with Crippen LogP contribution in [0.15, 0.2) is 29.4 Å². The standard InChI is InChI=1S/C19H30N6/c1-5-7-8-11-21-19(20-6-2)23-14-17-9-10-18(22-13-17)25-16(4)12-15(3)24-25/h9-10,12-13H,5-8,11,14H2,1-4H3,(H2,20,21,23). The molecular formula is C19H30N6. The molecule has 2 rings (SSSR count). The first-order valence-corrected chi connectivity index (χ1v) is 9.14. The monoisotopic (exact) mass is 342 g/mol. The molecule has 2 aromatic rings. The quantitative estimate of drug-likeness (QED) is 0.439. The van der Waals surface area contributed by atoms with Gasteiger partial charge in [-0.2, -0.15) is 5.10 Å². The summed E-state index contributed by atoms with van der Waals surface area (Å²) in [6.07, 6.45) is 5.50. The van der Waals surface area contributed by atoms with Crippen LogP contribution < -0.4 is 10.6 Å². The Kier molecular flexibility index (Phi) is 7.44. The van der Waals surface area contributed by atoms with E-state index in [1.165, 1.54) is 19.3 Å². The van der Waals surface area contributed by atoms with E-state index in [1.54, 1.807) is 0 Å². The summed E-state index contributed by atoms with van der Waals surface area (Å²) in [5.41, 5.74) is 3.16. The summed E-state index contributed by atoms with van der Waals surface area (Å²) in [5, 5.41) is 11.1. The number of guanidine groups is 1. The van der Waals surface area contributed by atoms with E-state index in [1.807, 2.05) is 36.9 Å². The van der Waals surface area contributed by atoms with Crippen LogP contribution in [0.4, 0.5) is 0 Å². The summed E-state index contributed by atoms with van der Waals surface area (Å²) in [7, 11) is 0. The molecule has 6 nitrogen and oxygen atoms in total. The van der Waals surface area contributed by atoms with E-state index >= 15 is 0 Å². The number of unbranched alkanes of at least 4 members (excludes halogenated alkanes) is 2. The summed E-state index contributed by atoms with van der Waals surface area (Å²) in [5.74, 6) is 1.70. The van der Waals surface area contributed by atoms with Crippen LogP contribution in [-0.4, -0.2) is 33.8 Å². The molecule has 2 aromatic heterocycles. The Hall–Kier alpha value is -2.37. The van der Waals surface area contributed by atoms with E-state index in [0.29, 0.717) is 6.54 Å². The van der Waals surface area contributed by atoms with E-state index in [9.17, 15) is 0 Å². The summed E-state index contributed by atoms with van der Waals surface area (Å²) in [6.45, 7) is 10.7. The van der Waals surface area contributed by atoms with Crippen molar-refractivity contribution in [3.05, 3.63) is 41.3 Å². The molecule has 0 aliphatic heterocycles. The van der Waals surface area contributed by atoms with Crippen LogP contribution in [0.2, 0.25) is 0 Å². The number of aryl methyl sites for hydroxylation is 2. The van der Waals surface area contributed by atoms with Crippen molar-refractivity contribution in [2.24, 2.45) is 4.99 Å². The highest BCUT2D eigenvalue weighted by molar-refractivity contribution is 5.79. The van der Waals surface area contributed by atoms with Gasteiger partial charge in [0.2, 0.25) is 0 Å². The minimum Gasteiger partial charge on any atom is -0.357 e. The average molecular weight is 342 g/mol. The lowest BCUT2D eigenvalue weighted by atomic mass is 10.2. The fourth-order valence-corrected chi connectivity index (χ4v) is 2.59. The maximum atomic E-state index is 4.64. The number of pyridine rings is 1. The molecule has 0 atom stereocenters. The zero-order chi connectivity index (χ0) is 18.1. The fraction of sp³-hybridized carbons (Fsp3) is 0.526. The number of hydrogen-bond donors (Lipinski definition) is 2. The second kappa shape index (κ2) is 9.81. The first-order chi connectivity index (χ1) is 12.1. The molecule has 0 radical (unpaired) electrons. The molecule has 0 saturated heterocycles. The molecule has 0 spiro atoms. The Balaban J connectivity index is 1.97. The van der Waals surface area contributed by atoms with Crippen molar-refractivity contribution in [2.75, 3.05) is 13.1 Å². The highest BCUT2D eigenvalue weighted by Crippen LogP contribution is 2.10. The molecule has 0 aliphatic carbocycles. The van der Waals surface area contributed by atoms with E-state index < -0.39 is 0 Å². The van der Waals surface area contributed by atoms with Gasteiger partial charge in [-0.25, -0.2) is 14.7 Å². The van der Waals surface area contributed by atoms with Crippen molar-refractivity contribution < 1.29 is 0 Å². The van der Waals surface area contributed by atoms with Gasteiger partial charge < -0.3 is 10.6 Å². The molecule has 0 amide bonds. The van der Waals surface area contributed by atoms with Crippen LogP contribution in [-0.2, 0) is 6.54 Å². The maximum absolute atomic E-state index is 4.64. The van der Waals surface area contributed by atoms with E-state index in [4.69, 9.17) is 0 Å². The van der Waals surface area contributed by atoms with Crippen LogP contribution >= 0.6 is 0 Å². The zero-order valence-electron chi connectivity index (χ0n) is 15.8. The van der Waals surface area contributed by atoms with Crippen molar-refractivity contribution in [3.8, 4) is 5.82 Å². The third kappa shape index (κ3) is 5.89. The molecule has 0 fully saturated rings. The van der Waals surface area contributed by atoms with Crippen molar-refractivity contribution >= 4 is 5.96 Å². The van der Waals surface area contributed by atoms with E-state index in [2.05, 4.69) is 45.6 Å². The van der Waals surface area contributed by atoms with Gasteiger partial charge in [-0.1, -0.05) is 25.8 Å².